The first-order valence-electron chi connectivity index (χ1n) is 11.8. The first kappa shape index (κ1) is 24.5. The van der Waals surface area contributed by atoms with Crippen LogP contribution >= 0.6 is 11.6 Å². The summed E-state index contributed by atoms with van der Waals surface area (Å²) in [6.45, 7) is 2.54. The molecular formula is C28H26BrClN2O4. The number of hydrogen-bond acceptors (Lipinski definition) is 5. The van der Waals surface area contributed by atoms with E-state index in [-0.39, 0.29) is 23.8 Å². The molecular weight excluding hydrogens is 544 g/mol. The number of aryl methyl sites for hydroxylation is 2. The number of nitrogens with one attached hydrogen (secondary N) is 1. The Morgan fingerprint density at radius 3 is 2.64 bits per heavy atom. The van der Waals surface area contributed by atoms with Gasteiger partial charge in [0.05, 0.1) is 24.7 Å². The van der Waals surface area contributed by atoms with Crippen LogP contribution in [-0.2, 0) is 13.0 Å². The van der Waals surface area contributed by atoms with Gasteiger partial charge in [-0.1, -0.05) is 11.6 Å². The van der Waals surface area contributed by atoms with E-state index in [0.29, 0.717) is 6.61 Å². The molecule has 2 aliphatic heterocycles. The Balaban J connectivity index is 0.00000267. The van der Waals surface area contributed by atoms with Gasteiger partial charge in [-0.3, -0.25) is 0 Å². The van der Waals surface area contributed by atoms with Gasteiger partial charge in [0.1, 0.15) is 0 Å². The van der Waals surface area contributed by atoms with Crippen LogP contribution in [0.15, 0.2) is 60.8 Å². The molecule has 0 bridgehead atoms. The number of aromatic nitrogens is 1. The van der Waals surface area contributed by atoms with Crippen LogP contribution in [-0.4, -0.2) is 27.1 Å². The van der Waals surface area contributed by atoms with Crippen LogP contribution in [0.25, 0.3) is 22.0 Å². The van der Waals surface area contributed by atoms with Crippen molar-refractivity contribution in [3.8, 4) is 34.3 Å². The smallest absolute Gasteiger partial charge is 0.231 e. The lowest BCUT2D eigenvalue weighted by Gasteiger charge is -2.18. The fraction of sp³-hybridized carbons (Fsp3) is 0.250. The lowest BCUT2D eigenvalue weighted by atomic mass is 9.95. The van der Waals surface area contributed by atoms with E-state index in [1.165, 1.54) is 16.8 Å². The average molecular weight is 570 g/mol. The maximum absolute atomic E-state index is 6.28. The fourth-order valence-corrected chi connectivity index (χ4v) is 4.88. The van der Waals surface area contributed by atoms with Crippen LogP contribution in [0.3, 0.4) is 0 Å². The van der Waals surface area contributed by atoms with Gasteiger partial charge in [0, 0.05) is 29.7 Å². The van der Waals surface area contributed by atoms with Crippen LogP contribution in [0.4, 0.5) is 5.69 Å². The largest absolute Gasteiger partial charge is 1.00 e. The number of rotatable bonds is 7. The summed E-state index contributed by atoms with van der Waals surface area (Å²) in [5, 5.41) is 6.28. The van der Waals surface area contributed by atoms with Gasteiger partial charge >= 0.3 is 0 Å². The molecule has 0 unspecified atom stereocenters. The van der Waals surface area contributed by atoms with E-state index in [1.807, 2.05) is 30.3 Å². The third-order valence-corrected chi connectivity index (χ3v) is 6.79. The molecule has 186 valence electrons. The monoisotopic (exact) mass is 568 g/mol. The molecule has 0 amide bonds. The number of benzene rings is 3. The van der Waals surface area contributed by atoms with Crippen molar-refractivity contribution in [2.75, 3.05) is 32.4 Å². The van der Waals surface area contributed by atoms with Crippen molar-refractivity contribution < 1.29 is 40.5 Å². The van der Waals surface area contributed by atoms with Crippen molar-refractivity contribution >= 4 is 28.1 Å². The second kappa shape index (κ2) is 10.4. The molecule has 0 saturated carbocycles. The Labute approximate surface area is 225 Å². The van der Waals surface area contributed by atoms with Gasteiger partial charge in [-0.15, -0.1) is 0 Å². The minimum atomic E-state index is 0. The quantitative estimate of drug-likeness (QED) is 0.274. The Morgan fingerprint density at radius 2 is 1.83 bits per heavy atom. The van der Waals surface area contributed by atoms with Crippen LogP contribution in [0, 0.1) is 0 Å². The highest BCUT2D eigenvalue weighted by atomic mass is 79.9. The molecule has 0 radical (unpaired) electrons. The lowest BCUT2D eigenvalue weighted by Crippen LogP contribution is -3.00. The van der Waals surface area contributed by atoms with Crippen LogP contribution in [0.2, 0.25) is 5.02 Å². The van der Waals surface area contributed by atoms with Crippen molar-refractivity contribution in [1.29, 1.82) is 0 Å². The number of fused-ring (bicyclic) bond motifs is 5. The molecule has 2 aliphatic rings. The van der Waals surface area contributed by atoms with Crippen molar-refractivity contribution in [3.63, 3.8) is 0 Å². The Morgan fingerprint density at radius 1 is 1.03 bits per heavy atom. The summed E-state index contributed by atoms with van der Waals surface area (Å²) in [5.41, 5.74) is 4.68. The third kappa shape index (κ3) is 4.65. The van der Waals surface area contributed by atoms with Crippen LogP contribution < -0.4 is 45.8 Å². The van der Waals surface area contributed by atoms with E-state index in [1.54, 1.807) is 7.11 Å². The second-order valence-corrected chi connectivity index (χ2v) is 9.14. The predicted octanol–water partition coefficient (Wildman–Crippen LogP) is 2.63. The Bertz CT molecular complexity index is 1410. The molecule has 3 aromatic carbocycles. The van der Waals surface area contributed by atoms with E-state index in [2.05, 4.69) is 40.3 Å². The van der Waals surface area contributed by atoms with Gasteiger partial charge in [-0.2, -0.15) is 4.57 Å². The van der Waals surface area contributed by atoms with Crippen molar-refractivity contribution in [2.24, 2.45) is 0 Å². The number of ether oxygens (including phenoxy) is 4. The Hall–Kier alpha value is -3.16. The van der Waals surface area contributed by atoms with Gasteiger partial charge in [0.15, 0.2) is 35.7 Å². The van der Waals surface area contributed by atoms with E-state index in [4.69, 9.17) is 30.5 Å². The number of halogens is 2. The molecule has 36 heavy (non-hydrogen) atoms. The lowest BCUT2D eigenvalue weighted by molar-refractivity contribution is -0.686. The number of pyridine rings is 1. The molecule has 0 atom stereocenters. The molecule has 4 aromatic rings. The van der Waals surface area contributed by atoms with E-state index >= 15 is 0 Å². The van der Waals surface area contributed by atoms with Crippen LogP contribution in [0.1, 0.15) is 12.0 Å². The SMILES string of the molecule is COc1ccc2cc3[n+](cc2c1OCCCNc1ccc(Cl)cc1)CCc1cc2c(cc1-3)OCO2.[Br-]. The summed E-state index contributed by atoms with van der Waals surface area (Å²) < 4.78 is 25.4. The maximum atomic E-state index is 6.28. The molecule has 0 spiro atoms. The molecule has 3 heterocycles. The number of hydrogen-bond donors (Lipinski definition) is 1. The summed E-state index contributed by atoms with van der Waals surface area (Å²) in [6.07, 6.45) is 3.97. The number of methoxy groups -OCH3 is 1. The average Bonchev–Trinajstić information content (AvgIpc) is 3.34. The zero-order chi connectivity index (χ0) is 23.8. The highest BCUT2D eigenvalue weighted by molar-refractivity contribution is 6.30. The van der Waals surface area contributed by atoms with Crippen molar-refractivity contribution in [1.82, 2.24) is 0 Å². The molecule has 0 saturated heterocycles. The predicted molar refractivity (Wildman–Crippen MR) is 136 cm³/mol. The Kier molecular flexibility index (Phi) is 7.12. The summed E-state index contributed by atoms with van der Waals surface area (Å²) in [5.74, 6) is 3.17. The van der Waals surface area contributed by atoms with Crippen molar-refractivity contribution in [2.45, 2.75) is 19.4 Å². The van der Waals surface area contributed by atoms with Gasteiger partial charge in [0.25, 0.3) is 0 Å². The van der Waals surface area contributed by atoms with Crippen molar-refractivity contribution in [3.05, 3.63) is 71.4 Å². The molecule has 1 N–H and O–H groups in total. The molecule has 0 fully saturated rings. The first-order chi connectivity index (χ1) is 17.2. The fourth-order valence-electron chi connectivity index (χ4n) is 4.75. The molecule has 0 aliphatic carbocycles. The van der Waals surface area contributed by atoms with Gasteiger partial charge in [-0.05, 0) is 65.9 Å². The number of anilines is 1. The summed E-state index contributed by atoms with van der Waals surface area (Å²) in [4.78, 5) is 0. The maximum Gasteiger partial charge on any atom is 0.231 e. The van der Waals surface area contributed by atoms with Gasteiger partial charge in [-0.25, -0.2) is 0 Å². The molecule has 6 nitrogen and oxygen atoms in total. The summed E-state index contributed by atoms with van der Waals surface area (Å²) in [6, 6.07) is 18.2. The van der Waals surface area contributed by atoms with E-state index < -0.39 is 0 Å². The van der Waals surface area contributed by atoms with Gasteiger partial charge < -0.3 is 41.2 Å². The normalized spacial score (nSPS) is 12.9. The van der Waals surface area contributed by atoms with E-state index in [0.717, 1.165) is 70.4 Å². The molecule has 6 rings (SSSR count). The zero-order valence-corrected chi connectivity index (χ0v) is 22.2. The molecule has 8 heteroatoms. The molecule has 1 aromatic heterocycles. The second-order valence-electron chi connectivity index (χ2n) is 8.70. The highest BCUT2D eigenvalue weighted by Gasteiger charge is 2.28. The third-order valence-electron chi connectivity index (χ3n) is 6.54. The number of nitrogens with zero attached hydrogens (tertiary/aromatic N) is 1. The highest BCUT2D eigenvalue weighted by Crippen LogP contribution is 2.41. The zero-order valence-electron chi connectivity index (χ0n) is 19.9. The van der Waals surface area contributed by atoms with E-state index in [9.17, 15) is 0 Å². The standard InChI is InChI=1S/C28H26ClN2O4.BrH/c1-32-25-8-3-18-13-24-22-15-27-26(34-17-35-27)14-19(22)9-11-31(24)16-23(18)28(25)33-12-2-10-30-21-6-4-20(29)5-7-21;/h3-8,13-16,30H,2,9-12,17H2,1H3;1H/q+1;/p-1. The first-order valence-corrected chi connectivity index (χ1v) is 12.2. The summed E-state index contributed by atoms with van der Waals surface area (Å²) >= 11 is 5.96. The van der Waals surface area contributed by atoms with Gasteiger partial charge in [0.2, 0.25) is 12.5 Å². The summed E-state index contributed by atoms with van der Waals surface area (Å²) in [7, 11) is 1.68. The topological polar surface area (TPSA) is 52.8 Å². The van der Waals surface area contributed by atoms with Crippen LogP contribution in [0.5, 0.6) is 23.0 Å². The minimum absolute atomic E-state index is 0. The minimum Gasteiger partial charge on any atom is -1.00 e.